The van der Waals surface area contributed by atoms with Crippen LogP contribution in [0, 0.1) is 0 Å². The minimum atomic E-state index is 0.551. The van der Waals surface area contributed by atoms with Gasteiger partial charge in [-0.05, 0) is 28.3 Å². The highest BCUT2D eigenvalue weighted by atomic mass is 16.3. The number of furan rings is 1. The van der Waals surface area contributed by atoms with Crippen LogP contribution in [0.2, 0.25) is 0 Å². The minimum absolute atomic E-state index is 0.551. The molecule has 148 valence electrons. The molecule has 0 amide bonds. The molecule has 5 rings (SSSR count). The second-order valence-corrected chi connectivity index (χ2v) is 7.40. The maximum Gasteiger partial charge on any atom is 0.153 e. The van der Waals surface area contributed by atoms with E-state index in [1.807, 2.05) is 66.7 Å². The summed E-state index contributed by atoms with van der Waals surface area (Å²) in [6.07, 6.45) is 0.853. The predicted octanol–water partition coefficient (Wildman–Crippen LogP) is 7.76. The second kappa shape index (κ2) is 8.29. The quantitative estimate of drug-likeness (QED) is 0.282. The van der Waals surface area contributed by atoms with E-state index in [9.17, 15) is 4.79 Å². The van der Waals surface area contributed by atoms with Gasteiger partial charge in [-0.25, -0.2) is 0 Å². The highest BCUT2D eigenvalue weighted by Gasteiger charge is 2.14. The van der Waals surface area contributed by atoms with Crippen LogP contribution in [0.4, 0.5) is 0 Å². The van der Waals surface area contributed by atoms with E-state index in [2.05, 4.69) is 48.5 Å². The number of aldehydes is 1. The molecule has 5 aromatic rings. The van der Waals surface area contributed by atoms with Crippen LogP contribution in [0.1, 0.15) is 10.4 Å². The Morgan fingerprint density at radius 3 is 1.39 bits per heavy atom. The molecular formula is C29H20O2. The Kier molecular flexibility index (Phi) is 5.04. The highest BCUT2D eigenvalue weighted by Crippen LogP contribution is 2.34. The van der Waals surface area contributed by atoms with Gasteiger partial charge in [0.25, 0.3) is 0 Å². The van der Waals surface area contributed by atoms with Gasteiger partial charge in [0.15, 0.2) is 6.29 Å². The number of benzene rings is 4. The molecule has 4 aromatic carbocycles. The van der Waals surface area contributed by atoms with Gasteiger partial charge in [-0.3, -0.25) is 4.79 Å². The molecule has 0 saturated heterocycles. The lowest BCUT2D eigenvalue weighted by Crippen LogP contribution is -1.82. The van der Waals surface area contributed by atoms with Gasteiger partial charge in [-0.1, -0.05) is 109 Å². The molecule has 0 aliphatic carbocycles. The van der Waals surface area contributed by atoms with E-state index in [1.165, 1.54) is 5.56 Å². The number of carbonyl (C=O) groups excluding carboxylic acids is 1. The van der Waals surface area contributed by atoms with Crippen molar-refractivity contribution in [3.05, 3.63) is 121 Å². The topological polar surface area (TPSA) is 30.2 Å². The van der Waals surface area contributed by atoms with Gasteiger partial charge >= 0.3 is 0 Å². The molecule has 0 radical (unpaired) electrons. The molecule has 0 saturated carbocycles. The van der Waals surface area contributed by atoms with Gasteiger partial charge < -0.3 is 4.42 Å². The Hall–Kier alpha value is -4.17. The number of hydrogen-bond acceptors (Lipinski definition) is 2. The van der Waals surface area contributed by atoms with Crippen molar-refractivity contribution < 1.29 is 9.21 Å². The van der Waals surface area contributed by atoms with E-state index in [1.54, 1.807) is 0 Å². The maximum atomic E-state index is 11.7. The minimum Gasteiger partial charge on any atom is -0.455 e. The summed E-state index contributed by atoms with van der Waals surface area (Å²) >= 11 is 0. The third kappa shape index (κ3) is 3.84. The average molecular weight is 400 g/mol. The summed E-state index contributed by atoms with van der Waals surface area (Å²) in [5.74, 6) is 1.28. The predicted molar refractivity (Wildman–Crippen MR) is 126 cm³/mol. The van der Waals surface area contributed by atoms with Crippen molar-refractivity contribution in [2.75, 3.05) is 0 Å². The van der Waals surface area contributed by atoms with Crippen LogP contribution in [0.5, 0.6) is 0 Å². The molecule has 0 N–H and O–H groups in total. The smallest absolute Gasteiger partial charge is 0.153 e. The summed E-state index contributed by atoms with van der Waals surface area (Å²) in [5, 5.41) is 0. The fraction of sp³-hybridized carbons (Fsp3) is 0. The standard InChI is InChI=1S/C29H20O2/c30-20-27-19-28(25-15-11-23(12-16-25)21-7-3-1-4-8-21)31-29(27)26-17-13-24(14-18-26)22-9-5-2-6-10-22/h1-20H. The summed E-state index contributed by atoms with van der Waals surface area (Å²) < 4.78 is 6.14. The van der Waals surface area contributed by atoms with Crippen LogP contribution < -0.4 is 0 Å². The monoisotopic (exact) mass is 400 g/mol. The maximum absolute atomic E-state index is 11.7. The second-order valence-electron chi connectivity index (χ2n) is 7.40. The molecule has 0 atom stereocenters. The normalized spacial score (nSPS) is 10.7. The number of hydrogen-bond donors (Lipinski definition) is 0. The lowest BCUT2D eigenvalue weighted by Gasteiger charge is -2.04. The zero-order chi connectivity index (χ0) is 21.0. The lowest BCUT2D eigenvalue weighted by molar-refractivity contribution is 0.112. The van der Waals surface area contributed by atoms with Crippen LogP contribution in [-0.2, 0) is 0 Å². The molecule has 0 unspecified atom stereocenters. The van der Waals surface area contributed by atoms with Crippen molar-refractivity contribution >= 4 is 6.29 Å². The van der Waals surface area contributed by atoms with Gasteiger partial charge in [-0.15, -0.1) is 0 Å². The van der Waals surface area contributed by atoms with Crippen molar-refractivity contribution in [1.29, 1.82) is 0 Å². The van der Waals surface area contributed by atoms with E-state index in [-0.39, 0.29) is 0 Å². The molecule has 2 nitrogen and oxygen atoms in total. The Balaban J connectivity index is 1.46. The number of carbonyl (C=O) groups is 1. The summed E-state index contributed by atoms with van der Waals surface area (Å²) in [5.41, 5.74) is 6.96. The fourth-order valence-electron chi connectivity index (χ4n) is 3.76. The van der Waals surface area contributed by atoms with Crippen molar-refractivity contribution in [3.8, 4) is 44.9 Å². The molecule has 0 bridgehead atoms. The summed E-state index contributed by atoms with van der Waals surface area (Å²) in [6, 6.07) is 38.6. The Morgan fingerprint density at radius 2 is 0.903 bits per heavy atom. The van der Waals surface area contributed by atoms with Crippen molar-refractivity contribution in [1.82, 2.24) is 0 Å². The van der Waals surface area contributed by atoms with E-state index in [0.29, 0.717) is 17.1 Å². The first-order valence-electron chi connectivity index (χ1n) is 10.2. The zero-order valence-electron chi connectivity index (χ0n) is 16.9. The van der Waals surface area contributed by atoms with Gasteiger partial charge in [0, 0.05) is 11.1 Å². The van der Waals surface area contributed by atoms with Crippen molar-refractivity contribution in [3.63, 3.8) is 0 Å². The van der Waals surface area contributed by atoms with Crippen LogP contribution in [-0.4, -0.2) is 6.29 Å². The summed E-state index contributed by atoms with van der Waals surface area (Å²) in [7, 11) is 0. The molecule has 2 heteroatoms. The molecule has 0 fully saturated rings. The third-order valence-corrected chi connectivity index (χ3v) is 5.42. The first-order valence-corrected chi connectivity index (χ1v) is 10.2. The SMILES string of the molecule is O=Cc1cc(-c2ccc(-c3ccccc3)cc2)oc1-c1ccc(-c2ccccc2)cc1. The zero-order valence-corrected chi connectivity index (χ0v) is 16.9. The molecule has 31 heavy (non-hydrogen) atoms. The largest absolute Gasteiger partial charge is 0.455 e. The molecular weight excluding hydrogens is 380 g/mol. The van der Waals surface area contributed by atoms with Gasteiger partial charge in [0.2, 0.25) is 0 Å². The molecule has 1 aromatic heterocycles. The fourth-order valence-corrected chi connectivity index (χ4v) is 3.76. The van der Waals surface area contributed by atoms with E-state index >= 15 is 0 Å². The Morgan fingerprint density at radius 1 is 0.484 bits per heavy atom. The molecule has 1 heterocycles. The summed E-state index contributed by atoms with van der Waals surface area (Å²) in [4.78, 5) is 11.7. The summed E-state index contributed by atoms with van der Waals surface area (Å²) in [6.45, 7) is 0. The first-order chi connectivity index (χ1) is 15.3. The van der Waals surface area contributed by atoms with Crippen molar-refractivity contribution in [2.24, 2.45) is 0 Å². The third-order valence-electron chi connectivity index (χ3n) is 5.42. The van der Waals surface area contributed by atoms with Crippen LogP contribution in [0.3, 0.4) is 0 Å². The first kappa shape index (κ1) is 18.8. The number of rotatable bonds is 5. The van der Waals surface area contributed by atoms with E-state index in [4.69, 9.17) is 4.42 Å². The molecule has 0 spiro atoms. The van der Waals surface area contributed by atoms with E-state index in [0.717, 1.165) is 34.1 Å². The van der Waals surface area contributed by atoms with Gasteiger partial charge in [-0.2, -0.15) is 0 Å². The molecule has 0 aliphatic rings. The highest BCUT2D eigenvalue weighted by molar-refractivity contribution is 5.88. The Bertz CT molecular complexity index is 1300. The lowest BCUT2D eigenvalue weighted by atomic mass is 10.0. The van der Waals surface area contributed by atoms with Gasteiger partial charge in [0.05, 0.1) is 5.56 Å². The van der Waals surface area contributed by atoms with E-state index < -0.39 is 0 Å². The average Bonchev–Trinajstić information content (AvgIpc) is 3.30. The molecule has 0 aliphatic heterocycles. The van der Waals surface area contributed by atoms with Crippen LogP contribution in [0.25, 0.3) is 44.9 Å². The van der Waals surface area contributed by atoms with Gasteiger partial charge in [0.1, 0.15) is 11.5 Å². The van der Waals surface area contributed by atoms with Crippen LogP contribution >= 0.6 is 0 Å². The Labute approximate surface area is 181 Å². The van der Waals surface area contributed by atoms with Crippen molar-refractivity contribution in [2.45, 2.75) is 0 Å². The van der Waals surface area contributed by atoms with Crippen LogP contribution in [0.15, 0.2) is 120 Å².